The number of carbonyl (C=O) groups is 1. The van der Waals surface area contributed by atoms with E-state index in [0.717, 1.165) is 21.8 Å². The fraction of sp³-hybridized carbons (Fsp3) is 0.200. The van der Waals surface area contributed by atoms with Crippen LogP contribution in [0.15, 0.2) is 40.8 Å². The standard InChI is InChI=1S/C15H16N2O2S/c1-11-5-3-7-14(12(11)2)19-10-15(18)17-16-9-13-6-4-8-20-13/h3-9H,10H2,1-2H3,(H,17,18)/b16-9+. The first-order chi connectivity index (χ1) is 9.66. The molecule has 0 saturated heterocycles. The van der Waals surface area contributed by atoms with E-state index in [4.69, 9.17) is 4.74 Å². The number of benzene rings is 1. The predicted molar refractivity (Wildman–Crippen MR) is 81.5 cm³/mol. The van der Waals surface area contributed by atoms with E-state index in [9.17, 15) is 4.79 Å². The molecule has 2 rings (SSSR count). The van der Waals surface area contributed by atoms with Crippen LogP contribution in [-0.2, 0) is 4.79 Å². The van der Waals surface area contributed by atoms with Gasteiger partial charge in [0.05, 0.1) is 6.21 Å². The summed E-state index contributed by atoms with van der Waals surface area (Å²) in [6, 6.07) is 9.62. The van der Waals surface area contributed by atoms with Crippen molar-refractivity contribution >= 4 is 23.5 Å². The Morgan fingerprint density at radius 2 is 2.20 bits per heavy atom. The lowest BCUT2D eigenvalue weighted by molar-refractivity contribution is -0.123. The van der Waals surface area contributed by atoms with E-state index in [2.05, 4.69) is 10.5 Å². The summed E-state index contributed by atoms with van der Waals surface area (Å²) in [5.41, 5.74) is 4.62. The maximum absolute atomic E-state index is 11.6. The molecule has 0 spiro atoms. The van der Waals surface area contributed by atoms with Gasteiger partial charge in [-0.2, -0.15) is 5.10 Å². The fourth-order valence-electron chi connectivity index (χ4n) is 1.59. The molecule has 0 atom stereocenters. The molecule has 2 aromatic rings. The largest absolute Gasteiger partial charge is 0.483 e. The zero-order valence-corrected chi connectivity index (χ0v) is 12.2. The zero-order chi connectivity index (χ0) is 14.4. The summed E-state index contributed by atoms with van der Waals surface area (Å²) in [6.45, 7) is 3.93. The van der Waals surface area contributed by atoms with Crippen LogP contribution in [0.1, 0.15) is 16.0 Å². The number of aryl methyl sites for hydroxylation is 1. The maximum Gasteiger partial charge on any atom is 0.277 e. The average molecular weight is 288 g/mol. The van der Waals surface area contributed by atoms with Crippen LogP contribution in [0, 0.1) is 13.8 Å². The number of thiophene rings is 1. The Balaban J connectivity index is 1.82. The number of hydrogen-bond acceptors (Lipinski definition) is 4. The summed E-state index contributed by atoms with van der Waals surface area (Å²) in [4.78, 5) is 12.6. The predicted octanol–water partition coefficient (Wildman–Crippen LogP) is 2.89. The molecule has 0 fully saturated rings. The van der Waals surface area contributed by atoms with Gasteiger partial charge in [-0.3, -0.25) is 4.79 Å². The van der Waals surface area contributed by atoms with Gasteiger partial charge in [-0.1, -0.05) is 18.2 Å². The molecular formula is C15H16N2O2S. The Bertz CT molecular complexity index is 606. The molecule has 0 bridgehead atoms. The second-order valence-corrected chi connectivity index (χ2v) is 5.27. The summed E-state index contributed by atoms with van der Waals surface area (Å²) in [5, 5.41) is 5.82. The summed E-state index contributed by atoms with van der Waals surface area (Å²) in [6.07, 6.45) is 1.61. The van der Waals surface area contributed by atoms with Gasteiger partial charge in [0.2, 0.25) is 0 Å². The third-order valence-corrected chi connectivity index (χ3v) is 3.64. The van der Waals surface area contributed by atoms with Crippen molar-refractivity contribution < 1.29 is 9.53 Å². The quantitative estimate of drug-likeness (QED) is 0.679. The monoisotopic (exact) mass is 288 g/mol. The van der Waals surface area contributed by atoms with Gasteiger partial charge < -0.3 is 4.74 Å². The van der Waals surface area contributed by atoms with Crippen LogP contribution in [0.5, 0.6) is 5.75 Å². The van der Waals surface area contributed by atoms with Crippen LogP contribution in [-0.4, -0.2) is 18.7 Å². The highest BCUT2D eigenvalue weighted by Gasteiger charge is 2.05. The molecule has 0 unspecified atom stereocenters. The van der Waals surface area contributed by atoms with Gasteiger partial charge in [-0.25, -0.2) is 5.43 Å². The SMILES string of the molecule is Cc1cccc(OCC(=O)N/N=C/c2cccs2)c1C. The highest BCUT2D eigenvalue weighted by molar-refractivity contribution is 7.11. The Hall–Kier alpha value is -2.14. The number of hydrogen-bond donors (Lipinski definition) is 1. The van der Waals surface area contributed by atoms with Crippen LogP contribution in [0.25, 0.3) is 0 Å². The highest BCUT2D eigenvalue weighted by Crippen LogP contribution is 2.20. The molecule has 0 aliphatic carbocycles. The molecule has 1 N–H and O–H groups in total. The van der Waals surface area contributed by atoms with Gasteiger partial charge in [-0.05, 0) is 42.5 Å². The lowest BCUT2D eigenvalue weighted by Crippen LogP contribution is -2.24. The van der Waals surface area contributed by atoms with Crippen LogP contribution in [0.2, 0.25) is 0 Å². The maximum atomic E-state index is 11.6. The van der Waals surface area contributed by atoms with Crippen molar-refractivity contribution in [1.29, 1.82) is 0 Å². The molecule has 1 aromatic carbocycles. The Kier molecular flexibility index (Phi) is 4.90. The van der Waals surface area contributed by atoms with E-state index < -0.39 is 0 Å². The minimum atomic E-state index is -0.279. The number of amides is 1. The number of rotatable bonds is 5. The third-order valence-electron chi connectivity index (χ3n) is 2.84. The highest BCUT2D eigenvalue weighted by atomic mass is 32.1. The molecule has 0 saturated carbocycles. The molecule has 5 heteroatoms. The van der Waals surface area contributed by atoms with Crippen molar-refractivity contribution in [3.05, 3.63) is 51.7 Å². The van der Waals surface area contributed by atoms with E-state index in [1.807, 2.05) is 49.6 Å². The fourth-order valence-corrected chi connectivity index (χ4v) is 2.17. The number of nitrogens with one attached hydrogen (secondary N) is 1. The third kappa shape index (κ3) is 3.93. The van der Waals surface area contributed by atoms with Crippen molar-refractivity contribution in [2.45, 2.75) is 13.8 Å². The van der Waals surface area contributed by atoms with Crippen LogP contribution in [0.4, 0.5) is 0 Å². The minimum Gasteiger partial charge on any atom is -0.483 e. The Morgan fingerprint density at radius 1 is 1.35 bits per heavy atom. The van der Waals surface area contributed by atoms with Gasteiger partial charge in [0, 0.05) is 4.88 Å². The van der Waals surface area contributed by atoms with E-state index in [1.54, 1.807) is 17.6 Å². The second kappa shape index (κ2) is 6.86. The Morgan fingerprint density at radius 3 is 2.95 bits per heavy atom. The van der Waals surface area contributed by atoms with Gasteiger partial charge in [0.1, 0.15) is 5.75 Å². The molecule has 1 heterocycles. The normalized spacial score (nSPS) is 10.7. The first-order valence-electron chi connectivity index (χ1n) is 6.21. The van der Waals surface area contributed by atoms with Crippen molar-refractivity contribution in [3.8, 4) is 5.75 Å². The van der Waals surface area contributed by atoms with Crippen molar-refractivity contribution in [2.75, 3.05) is 6.61 Å². The lowest BCUT2D eigenvalue weighted by atomic mass is 10.1. The molecular weight excluding hydrogens is 272 g/mol. The summed E-state index contributed by atoms with van der Waals surface area (Å²) < 4.78 is 5.48. The molecule has 4 nitrogen and oxygen atoms in total. The molecule has 1 aromatic heterocycles. The van der Waals surface area contributed by atoms with E-state index in [-0.39, 0.29) is 12.5 Å². The van der Waals surface area contributed by atoms with E-state index in [1.165, 1.54) is 0 Å². The van der Waals surface area contributed by atoms with E-state index in [0.29, 0.717) is 0 Å². The summed E-state index contributed by atoms with van der Waals surface area (Å²) in [5.74, 6) is 0.445. The summed E-state index contributed by atoms with van der Waals surface area (Å²) in [7, 11) is 0. The van der Waals surface area contributed by atoms with E-state index >= 15 is 0 Å². The van der Waals surface area contributed by atoms with Crippen LogP contribution < -0.4 is 10.2 Å². The number of nitrogens with zero attached hydrogens (tertiary/aromatic N) is 1. The molecule has 104 valence electrons. The number of carbonyl (C=O) groups excluding carboxylic acids is 1. The molecule has 1 amide bonds. The smallest absolute Gasteiger partial charge is 0.277 e. The topological polar surface area (TPSA) is 50.7 Å². The first-order valence-corrected chi connectivity index (χ1v) is 7.09. The van der Waals surface area contributed by atoms with Gasteiger partial charge in [0.25, 0.3) is 5.91 Å². The van der Waals surface area contributed by atoms with Crippen molar-refractivity contribution in [2.24, 2.45) is 5.10 Å². The van der Waals surface area contributed by atoms with Gasteiger partial charge in [-0.15, -0.1) is 11.3 Å². The van der Waals surface area contributed by atoms with Crippen molar-refractivity contribution in [3.63, 3.8) is 0 Å². The molecule has 20 heavy (non-hydrogen) atoms. The Labute approximate surface area is 122 Å². The number of hydrazone groups is 1. The molecule has 0 aliphatic rings. The van der Waals surface area contributed by atoms with Crippen LogP contribution >= 0.6 is 11.3 Å². The zero-order valence-electron chi connectivity index (χ0n) is 11.4. The van der Waals surface area contributed by atoms with Gasteiger partial charge >= 0.3 is 0 Å². The minimum absolute atomic E-state index is 0.0495. The molecule has 0 aliphatic heterocycles. The first kappa shape index (κ1) is 14.3. The lowest BCUT2D eigenvalue weighted by Gasteiger charge is -2.09. The summed E-state index contributed by atoms with van der Waals surface area (Å²) >= 11 is 1.56. The van der Waals surface area contributed by atoms with Gasteiger partial charge in [0.15, 0.2) is 6.61 Å². The van der Waals surface area contributed by atoms with Crippen molar-refractivity contribution in [1.82, 2.24) is 5.43 Å². The second-order valence-electron chi connectivity index (χ2n) is 4.30. The molecule has 0 radical (unpaired) electrons. The van der Waals surface area contributed by atoms with Crippen LogP contribution in [0.3, 0.4) is 0 Å². The number of ether oxygens (including phenoxy) is 1. The average Bonchev–Trinajstić information content (AvgIpc) is 2.94.